The van der Waals surface area contributed by atoms with E-state index in [4.69, 9.17) is 10.6 Å². The Hall–Kier alpha value is -1.76. The van der Waals surface area contributed by atoms with Crippen LogP contribution in [-0.4, -0.2) is 40.0 Å². The van der Waals surface area contributed by atoms with E-state index < -0.39 is 23.3 Å². The number of amides is 1. The van der Waals surface area contributed by atoms with E-state index in [1.807, 2.05) is 30.3 Å². The fourth-order valence-corrected chi connectivity index (χ4v) is 2.65. The molecule has 0 spiro atoms. The summed E-state index contributed by atoms with van der Waals surface area (Å²) in [4.78, 5) is 30.6. The van der Waals surface area contributed by atoms with Crippen LogP contribution in [0.15, 0.2) is 30.3 Å². The molecule has 3 N–H and O–H groups in total. The topological polar surface area (TPSA) is 92.9 Å². The minimum atomic E-state index is -1.61. The van der Waals surface area contributed by atoms with Crippen molar-refractivity contribution in [2.75, 3.05) is 6.54 Å². The van der Waals surface area contributed by atoms with Gasteiger partial charge in [0.15, 0.2) is 11.3 Å². The van der Waals surface area contributed by atoms with Crippen molar-refractivity contribution in [2.45, 2.75) is 50.9 Å². The number of benzene rings is 1. The molecule has 0 aromatic heterocycles. The molecule has 2 rings (SSSR count). The molecule has 6 nitrogen and oxygen atoms in total. The van der Waals surface area contributed by atoms with Crippen molar-refractivity contribution in [1.82, 2.24) is 5.06 Å². The number of nitrogens with zero attached hydrogens (tertiary/aromatic N) is 1. The summed E-state index contributed by atoms with van der Waals surface area (Å²) in [5.74, 6) is -0.954. The van der Waals surface area contributed by atoms with E-state index in [0.717, 1.165) is 12.0 Å². The quantitative estimate of drug-likeness (QED) is 0.768. The molecular formula is C17H24N2O4. The molecule has 1 aliphatic rings. The molecule has 126 valence electrons. The summed E-state index contributed by atoms with van der Waals surface area (Å²) in [6.07, 6.45) is 0.718. The van der Waals surface area contributed by atoms with Gasteiger partial charge in [0.25, 0.3) is 5.91 Å². The summed E-state index contributed by atoms with van der Waals surface area (Å²) in [7, 11) is 0. The largest absolute Gasteiger partial charge is 0.393 e. The summed E-state index contributed by atoms with van der Waals surface area (Å²) in [5.41, 5.74) is 5.45. The number of carbonyl (C=O) groups excluding carboxylic acids is 2. The molecule has 0 aliphatic carbocycles. The molecule has 23 heavy (non-hydrogen) atoms. The van der Waals surface area contributed by atoms with Gasteiger partial charge >= 0.3 is 0 Å². The van der Waals surface area contributed by atoms with E-state index >= 15 is 0 Å². The first-order valence-corrected chi connectivity index (χ1v) is 7.92. The van der Waals surface area contributed by atoms with Crippen LogP contribution in [0.2, 0.25) is 0 Å². The van der Waals surface area contributed by atoms with Gasteiger partial charge < -0.3 is 10.8 Å². The maximum Gasteiger partial charge on any atom is 0.273 e. The summed E-state index contributed by atoms with van der Waals surface area (Å²) in [6, 6.07) is 9.48. The van der Waals surface area contributed by atoms with Gasteiger partial charge in [-0.2, -0.15) is 0 Å². The molecular weight excluding hydrogens is 296 g/mol. The van der Waals surface area contributed by atoms with Crippen LogP contribution in [0.3, 0.4) is 0 Å². The maximum absolute atomic E-state index is 12.7. The van der Waals surface area contributed by atoms with Gasteiger partial charge in [-0.3, -0.25) is 14.4 Å². The number of carbonyl (C=O) groups is 2. The highest BCUT2D eigenvalue weighted by atomic mass is 16.7. The van der Waals surface area contributed by atoms with E-state index in [1.165, 1.54) is 12.0 Å². The van der Waals surface area contributed by atoms with Gasteiger partial charge in [-0.15, -0.1) is 0 Å². The van der Waals surface area contributed by atoms with Crippen molar-refractivity contribution >= 4 is 11.7 Å². The number of ketones is 1. The van der Waals surface area contributed by atoms with Crippen molar-refractivity contribution < 1.29 is 19.5 Å². The van der Waals surface area contributed by atoms with Crippen molar-refractivity contribution in [3.8, 4) is 0 Å². The Bertz CT molecular complexity index is 547. The number of aliphatic hydroxyl groups excluding tert-OH is 1. The molecule has 1 unspecified atom stereocenters. The number of aliphatic hydroxyl groups is 1. The smallest absolute Gasteiger partial charge is 0.273 e. The molecule has 1 fully saturated rings. The number of hydrogen-bond donors (Lipinski definition) is 2. The fraction of sp³-hybridized carbons (Fsp3) is 0.529. The monoisotopic (exact) mass is 320 g/mol. The van der Waals surface area contributed by atoms with E-state index in [0.29, 0.717) is 13.0 Å². The van der Waals surface area contributed by atoms with Crippen molar-refractivity contribution in [3.05, 3.63) is 35.9 Å². The Morgan fingerprint density at radius 1 is 1.39 bits per heavy atom. The van der Waals surface area contributed by atoms with Crippen LogP contribution < -0.4 is 5.73 Å². The summed E-state index contributed by atoms with van der Waals surface area (Å²) >= 11 is 0. The lowest BCUT2D eigenvalue weighted by atomic mass is 9.86. The van der Waals surface area contributed by atoms with Gasteiger partial charge in [-0.25, -0.2) is 5.06 Å². The van der Waals surface area contributed by atoms with E-state index in [1.54, 1.807) is 0 Å². The Kier molecular flexibility index (Phi) is 5.87. The van der Waals surface area contributed by atoms with Gasteiger partial charge in [0.1, 0.15) is 6.61 Å². The second-order valence-corrected chi connectivity index (χ2v) is 6.07. The van der Waals surface area contributed by atoms with Gasteiger partial charge in [-0.1, -0.05) is 30.3 Å². The summed E-state index contributed by atoms with van der Waals surface area (Å²) < 4.78 is 0. The van der Waals surface area contributed by atoms with E-state index in [9.17, 15) is 14.7 Å². The highest BCUT2D eigenvalue weighted by Crippen LogP contribution is 2.23. The highest BCUT2D eigenvalue weighted by molar-refractivity contribution is 6.10. The first kappa shape index (κ1) is 17.6. The molecule has 1 aromatic rings. The Morgan fingerprint density at radius 3 is 2.74 bits per heavy atom. The Labute approximate surface area is 136 Å². The number of nitrogens with two attached hydrogens (primary N) is 1. The van der Waals surface area contributed by atoms with Crippen LogP contribution in [0.4, 0.5) is 0 Å². The minimum absolute atomic E-state index is 0.130. The minimum Gasteiger partial charge on any atom is -0.393 e. The second kappa shape index (κ2) is 7.68. The molecule has 1 saturated heterocycles. The number of hydrogen-bond acceptors (Lipinski definition) is 5. The third-order valence-electron chi connectivity index (χ3n) is 4.00. The standard InChI is InChI=1S/C17H24N2O4/c1-13(20)11-15(21)17(18)9-5-6-10-19(16(17)22)23-12-14-7-3-2-4-8-14/h2-4,7-8,13,20H,5-6,9-12,18H2,1H3/t13-,17?/m0/s1. The predicted molar refractivity (Wildman–Crippen MR) is 85.0 cm³/mol. The molecule has 2 atom stereocenters. The molecule has 1 amide bonds. The first-order chi connectivity index (χ1) is 10.9. The SMILES string of the molecule is C[C@H](O)CC(=O)C1(N)CCCCN(OCc2ccccc2)C1=O. The molecule has 1 aliphatic heterocycles. The van der Waals surface area contributed by atoms with E-state index in [-0.39, 0.29) is 19.4 Å². The predicted octanol–water partition coefficient (Wildman–Crippen LogP) is 1.17. The average Bonchev–Trinajstić information content (AvgIpc) is 2.67. The molecule has 1 aromatic carbocycles. The van der Waals surface area contributed by atoms with Crippen LogP contribution in [-0.2, 0) is 21.0 Å². The molecule has 0 bridgehead atoms. The van der Waals surface area contributed by atoms with Gasteiger partial charge in [0, 0.05) is 13.0 Å². The van der Waals surface area contributed by atoms with Crippen LogP contribution in [0.25, 0.3) is 0 Å². The summed E-state index contributed by atoms with van der Waals surface area (Å²) in [6.45, 7) is 2.16. The lowest BCUT2D eigenvalue weighted by Gasteiger charge is -2.30. The number of Topliss-reactive ketones (excluding diaryl/α,β-unsaturated/α-hetero) is 1. The van der Waals surface area contributed by atoms with Crippen LogP contribution in [0.1, 0.15) is 38.2 Å². The number of hydroxylamine groups is 2. The lowest BCUT2D eigenvalue weighted by molar-refractivity contribution is -0.195. The molecule has 1 heterocycles. The lowest BCUT2D eigenvalue weighted by Crippen LogP contribution is -2.59. The van der Waals surface area contributed by atoms with Crippen molar-refractivity contribution in [3.63, 3.8) is 0 Å². The maximum atomic E-state index is 12.7. The number of rotatable bonds is 6. The van der Waals surface area contributed by atoms with Crippen molar-refractivity contribution in [2.24, 2.45) is 5.73 Å². The molecule has 0 radical (unpaired) electrons. The molecule has 0 saturated carbocycles. The van der Waals surface area contributed by atoms with Gasteiger partial charge in [0.2, 0.25) is 0 Å². The zero-order chi connectivity index (χ0) is 16.9. The average molecular weight is 320 g/mol. The Balaban J connectivity index is 2.08. The van der Waals surface area contributed by atoms with E-state index in [2.05, 4.69) is 0 Å². The highest BCUT2D eigenvalue weighted by Gasteiger charge is 2.45. The van der Waals surface area contributed by atoms with Crippen LogP contribution >= 0.6 is 0 Å². The van der Waals surface area contributed by atoms with Crippen LogP contribution in [0.5, 0.6) is 0 Å². The normalized spacial score (nSPS) is 23.4. The molecule has 6 heteroatoms. The third kappa shape index (κ3) is 4.37. The van der Waals surface area contributed by atoms with Gasteiger partial charge in [-0.05, 0) is 31.7 Å². The van der Waals surface area contributed by atoms with Crippen molar-refractivity contribution in [1.29, 1.82) is 0 Å². The Morgan fingerprint density at radius 2 is 2.09 bits per heavy atom. The first-order valence-electron chi connectivity index (χ1n) is 7.92. The zero-order valence-corrected chi connectivity index (χ0v) is 13.4. The van der Waals surface area contributed by atoms with Gasteiger partial charge in [0.05, 0.1) is 6.10 Å². The fourth-order valence-electron chi connectivity index (χ4n) is 2.65. The summed E-state index contributed by atoms with van der Waals surface area (Å²) in [5, 5.41) is 10.6. The van der Waals surface area contributed by atoms with Crippen LogP contribution in [0, 0.1) is 0 Å². The second-order valence-electron chi connectivity index (χ2n) is 6.07. The third-order valence-corrected chi connectivity index (χ3v) is 4.00. The zero-order valence-electron chi connectivity index (χ0n) is 13.4.